The molecule has 0 unspecified atom stereocenters. The number of halogens is 2. The number of carbonyl (C=O) groups excluding carboxylic acids is 2. The minimum absolute atomic E-state index is 0.0739. The molecule has 3 aromatic rings. The molecular weight excluding hydrogens is 816 g/mol. The van der Waals surface area contributed by atoms with E-state index in [1.54, 1.807) is 45.0 Å². The Hall–Kier alpha value is -3.43. The lowest BCUT2D eigenvalue weighted by atomic mass is 9.95. The molecule has 1 aliphatic heterocycles. The highest BCUT2D eigenvalue weighted by Crippen LogP contribution is 2.36. The van der Waals surface area contributed by atoms with Crippen molar-refractivity contribution in [1.29, 1.82) is 5.26 Å². The van der Waals surface area contributed by atoms with Crippen molar-refractivity contribution in [2.75, 3.05) is 33.5 Å². The van der Waals surface area contributed by atoms with Crippen LogP contribution in [0.4, 0.5) is 0 Å². The van der Waals surface area contributed by atoms with Gasteiger partial charge in [-0.15, -0.1) is 0 Å². The van der Waals surface area contributed by atoms with Crippen molar-refractivity contribution < 1.29 is 33.3 Å². The van der Waals surface area contributed by atoms with Gasteiger partial charge in [-0.3, -0.25) is 9.36 Å². The van der Waals surface area contributed by atoms with Crippen molar-refractivity contribution >= 4 is 74.5 Å². The zero-order chi connectivity index (χ0) is 32.0. The van der Waals surface area contributed by atoms with Crippen LogP contribution in [0.3, 0.4) is 0 Å². The molecule has 0 saturated heterocycles. The molecule has 0 saturated carbocycles. The Bertz CT molecular complexity index is 1840. The van der Waals surface area contributed by atoms with Gasteiger partial charge >= 0.3 is 11.9 Å². The molecule has 0 N–H and O–H groups in total. The molecule has 0 fully saturated rings. The van der Waals surface area contributed by atoms with E-state index in [0.29, 0.717) is 44.4 Å². The van der Waals surface area contributed by atoms with E-state index < -0.39 is 18.0 Å². The lowest BCUT2D eigenvalue weighted by Crippen LogP contribution is -2.40. The molecule has 11 nitrogen and oxygen atoms in total. The average Bonchev–Trinajstić information content (AvgIpc) is 3.29. The molecule has 0 radical (unpaired) electrons. The fourth-order valence-corrected chi connectivity index (χ4v) is 7.62. The van der Waals surface area contributed by atoms with Crippen molar-refractivity contribution in [3.05, 3.63) is 79.6 Å². The molecule has 2 heterocycles. The van der Waals surface area contributed by atoms with E-state index in [1.807, 2.05) is 18.2 Å². The maximum absolute atomic E-state index is 14.0. The van der Waals surface area contributed by atoms with Crippen molar-refractivity contribution in [2.24, 2.45) is 4.99 Å². The lowest BCUT2D eigenvalue weighted by molar-refractivity contribution is -0.143. The van der Waals surface area contributed by atoms with E-state index in [0.717, 1.165) is 12.7 Å². The van der Waals surface area contributed by atoms with Gasteiger partial charge in [-0.2, -0.15) is 5.26 Å². The summed E-state index contributed by atoms with van der Waals surface area (Å²) in [6.45, 7) is 5.27. The van der Waals surface area contributed by atoms with Crippen LogP contribution in [0.25, 0.3) is 6.08 Å². The number of benzene rings is 2. The molecule has 4 rings (SSSR count). The summed E-state index contributed by atoms with van der Waals surface area (Å²) in [5.74, 6) is 0.0923. The zero-order valence-electron chi connectivity index (χ0n) is 24.1. The van der Waals surface area contributed by atoms with E-state index in [9.17, 15) is 14.4 Å². The Morgan fingerprint density at radius 3 is 2.45 bits per heavy atom. The van der Waals surface area contributed by atoms with Crippen molar-refractivity contribution in [1.82, 2.24) is 4.57 Å². The van der Waals surface area contributed by atoms with E-state index in [1.165, 1.54) is 23.0 Å². The molecule has 44 heavy (non-hydrogen) atoms. The Morgan fingerprint density at radius 1 is 1.09 bits per heavy atom. The second kappa shape index (κ2) is 15.0. The molecule has 0 aliphatic carbocycles. The SMILES string of the molecule is CCOC(=O)C1=C(C)N=c2s/c(=C\c3cc(I)c(OCC#N)c(I)c3)c(=O)n2[C@H]1c1ccc(OCC(=O)OC)c(OCC)c1. The van der Waals surface area contributed by atoms with Crippen molar-refractivity contribution in [3.63, 3.8) is 0 Å². The topological polar surface area (TPSA) is 138 Å². The second-order valence-electron chi connectivity index (χ2n) is 9.07. The maximum atomic E-state index is 14.0. The van der Waals surface area contributed by atoms with Crippen LogP contribution in [0, 0.1) is 18.5 Å². The molecular formula is C30H27I2N3O8S. The molecule has 0 amide bonds. The molecule has 1 atom stereocenters. The van der Waals surface area contributed by atoms with Crippen LogP contribution < -0.4 is 29.1 Å². The van der Waals surface area contributed by atoms with Crippen LogP contribution in [0.5, 0.6) is 17.2 Å². The van der Waals surface area contributed by atoms with Gasteiger partial charge in [-0.25, -0.2) is 14.6 Å². The van der Waals surface area contributed by atoms with Crippen LogP contribution in [0.15, 0.2) is 51.4 Å². The molecule has 1 aromatic heterocycles. The first-order valence-corrected chi connectivity index (χ1v) is 16.3. The standard InChI is InChI=1S/C30H27I2N3O8S/c1-5-40-22-14-18(7-8-21(22)43-15-24(36)39-4)26-25(29(38)41-6-2)16(3)34-30-35(26)28(37)23(44-30)13-17-11-19(31)27(20(32)12-17)42-10-9-33/h7-8,11-14,26H,5-6,10,15H2,1-4H3/b23-13-/t26-/m0/s1. The Labute approximate surface area is 284 Å². The summed E-state index contributed by atoms with van der Waals surface area (Å²) in [5.41, 5.74) is 1.63. The smallest absolute Gasteiger partial charge is 0.343 e. The number of hydrogen-bond donors (Lipinski definition) is 0. The number of fused-ring (bicyclic) bond motifs is 1. The fourth-order valence-electron chi connectivity index (χ4n) is 4.44. The second-order valence-corrected chi connectivity index (χ2v) is 12.4. The van der Waals surface area contributed by atoms with Crippen molar-refractivity contribution in [2.45, 2.75) is 26.8 Å². The third-order valence-electron chi connectivity index (χ3n) is 6.27. The van der Waals surface area contributed by atoms with Crippen LogP contribution in [0.1, 0.15) is 37.9 Å². The average molecular weight is 843 g/mol. The number of allylic oxidation sites excluding steroid dienone is 1. The molecule has 2 aromatic carbocycles. The zero-order valence-corrected chi connectivity index (χ0v) is 29.3. The van der Waals surface area contributed by atoms with Crippen LogP contribution >= 0.6 is 56.5 Å². The normalized spacial score (nSPS) is 14.3. The highest BCUT2D eigenvalue weighted by atomic mass is 127. The number of aromatic nitrogens is 1. The third-order valence-corrected chi connectivity index (χ3v) is 8.86. The number of rotatable bonds is 11. The largest absolute Gasteiger partial charge is 0.490 e. The predicted molar refractivity (Wildman–Crippen MR) is 179 cm³/mol. The number of carbonyl (C=O) groups is 2. The summed E-state index contributed by atoms with van der Waals surface area (Å²) in [6.07, 6.45) is 1.76. The summed E-state index contributed by atoms with van der Waals surface area (Å²) >= 11 is 5.46. The first-order chi connectivity index (χ1) is 21.1. The van der Waals surface area contributed by atoms with Gasteiger partial charge < -0.3 is 23.7 Å². The number of ether oxygens (including phenoxy) is 5. The molecule has 1 aliphatic rings. The predicted octanol–water partition coefficient (Wildman–Crippen LogP) is 3.86. The highest BCUT2D eigenvalue weighted by Gasteiger charge is 2.34. The van der Waals surface area contributed by atoms with E-state index in [-0.39, 0.29) is 31.0 Å². The van der Waals surface area contributed by atoms with Crippen LogP contribution in [-0.2, 0) is 19.1 Å². The fraction of sp³-hybridized carbons (Fsp3) is 0.300. The van der Waals surface area contributed by atoms with Gasteiger partial charge in [-0.05, 0) is 107 Å². The van der Waals surface area contributed by atoms with Gasteiger partial charge in [0, 0.05) is 0 Å². The van der Waals surface area contributed by atoms with E-state index in [4.69, 9.17) is 24.2 Å². The van der Waals surface area contributed by atoms with Gasteiger partial charge in [-0.1, -0.05) is 17.4 Å². The van der Waals surface area contributed by atoms with E-state index >= 15 is 0 Å². The summed E-state index contributed by atoms with van der Waals surface area (Å²) in [6, 6.07) is 9.83. The summed E-state index contributed by atoms with van der Waals surface area (Å²) in [7, 11) is 1.27. The van der Waals surface area contributed by atoms with Gasteiger partial charge in [0.05, 0.1) is 49.3 Å². The molecule has 0 bridgehead atoms. The number of methoxy groups -OCH3 is 1. The number of esters is 2. The quantitative estimate of drug-likeness (QED) is 0.208. The molecule has 0 spiro atoms. The maximum Gasteiger partial charge on any atom is 0.343 e. The molecule has 14 heteroatoms. The van der Waals surface area contributed by atoms with Crippen LogP contribution in [0.2, 0.25) is 0 Å². The lowest BCUT2D eigenvalue weighted by Gasteiger charge is -2.25. The van der Waals surface area contributed by atoms with Crippen molar-refractivity contribution in [3.8, 4) is 23.3 Å². The van der Waals surface area contributed by atoms with Gasteiger partial charge in [0.15, 0.2) is 29.5 Å². The van der Waals surface area contributed by atoms with Gasteiger partial charge in [0.2, 0.25) is 0 Å². The third kappa shape index (κ3) is 7.26. The number of nitrogens with zero attached hydrogens (tertiary/aromatic N) is 3. The first-order valence-electron chi connectivity index (χ1n) is 13.3. The summed E-state index contributed by atoms with van der Waals surface area (Å²) in [4.78, 5) is 44.0. The summed E-state index contributed by atoms with van der Waals surface area (Å²) in [5, 5.41) is 8.89. The monoisotopic (exact) mass is 843 g/mol. The Morgan fingerprint density at radius 2 is 1.82 bits per heavy atom. The summed E-state index contributed by atoms with van der Waals surface area (Å²) < 4.78 is 30.5. The van der Waals surface area contributed by atoms with Gasteiger partial charge in [0.1, 0.15) is 11.8 Å². The highest BCUT2D eigenvalue weighted by molar-refractivity contribution is 14.1. The van der Waals surface area contributed by atoms with Gasteiger partial charge in [0.25, 0.3) is 5.56 Å². The van der Waals surface area contributed by atoms with E-state index in [2.05, 4.69) is 54.9 Å². The minimum atomic E-state index is -0.872. The van der Waals surface area contributed by atoms with Crippen LogP contribution in [-0.4, -0.2) is 50.0 Å². The number of thiazole rings is 1. The number of nitriles is 1. The molecule has 230 valence electrons. The Kier molecular flexibility index (Phi) is 11.4. The Balaban J connectivity index is 1.88. The minimum Gasteiger partial charge on any atom is -0.490 e. The number of hydrogen-bond acceptors (Lipinski definition) is 11. The first kappa shape index (κ1) is 33.5.